The summed E-state index contributed by atoms with van der Waals surface area (Å²) in [7, 11) is -1.44. The molecular weight excluding hydrogens is 212 g/mol. The van der Waals surface area contributed by atoms with Crippen LogP contribution < -0.4 is 5.32 Å². The van der Waals surface area contributed by atoms with Crippen LogP contribution in [0.4, 0.5) is 0 Å². The van der Waals surface area contributed by atoms with Crippen LogP contribution in [0.3, 0.4) is 0 Å². The summed E-state index contributed by atoms with van der Waals surface area (Å²) in [4.78, 5) is 0. The van der Waals surface area contributed by atoms with Crippen LogP contribution in [0.2, 0.25) is 0 Å². The summed E-state index contributed by atoms with van der Waals surface area (Å²) in [5.41, 5.74) is -0.329. The predicted octanol–water partition coefficient (Wildman–Crippen LogP) is 0.656. The normalized spacial score (nSPS) is 23.7. The van der Waals surface area contributed by atoms with Crippen molar-refractivity contribution < 1.29 is 8.42 Å². The van der Waals surface area contributed by atoms with Crippen molar-refractivity contribution in [1.82, 2.24) is 9.62 Å². The van der Waals surface area contributed by atoms with E-state index in [-0.39, 0.29) is 17.2 Å². The largest absolute Gasteiger partial charge is 0.316 e. The molecule has 4 nitrogen and oxygen atoms in total. The quantitative estimate of drug-likeness (QED) is 0.780. The first-order chi connectivity index (χ1) is 6.73. The molecule has 0 aliphatic carbocycles. The van der Waals surface area contributed by atoms with Crippen LogP contribution in [0.15, 0.2) is 0 Å². The third kappa shape index (κ3) is 3.43. The van der Waals surface area contributed by atoms with Crippen LogP contribution in [0, 0.1) is 5.92 Å². The highest BCUT2D eigenvalue weighted by atomic mass is 32.2. The molecule has 0 bridgehead atoms. The molecule has 1 saturated heterocycles. The maximum absolute atomic E-state index is 12.0. The summed E-state index contributed by atoms with van der Waals surface area (Å²) in [6.45, 7) is 7.52. The Hall–Kier alpha value is -0.130. The average molecular weight is 234 g/mol. The Balaban J connectivity index is 2.66. The van der Waals surface area contributed by atoms with Crippen LogP contribution in [0.25, 0.3) is 0 Å². The Labute approximate surface area is 93.1 Å². The van der Waals surface area contributed by atoms with E-state index in [2.05, 4.69) is 5.32 Å². The molecule has 1 N–H and O–H groups in total. The summed E-state index contributed by atoms with van der Waals surface area (Å²) in [6, 6.07) is 0. The number of hydrogen-bond donors (Lipinski definition) is 1. The Morgan fingerprint density at radius 3 is 2.40 bits per heavy atom. The van der Waals surface area contributed by atoms with Crippen molar-refractivity contribution in [2.24, 2.45) is 5.92 Å². The van der Waals surface area contributed by atoms with Gasteiger partial charge in [-0.3, -0.25) is 0 Å². The summed E-state index contributed by atoms with van der Waals surface area (Å²) in [5.74, 6) is 0.549. The molecule has 0 aromatic carbocycles. The minimum absolute atomic E-state index is 0.272. The molecule has 0 saturated carbocycles. The zero-order valence-corrected chi connectivity index (χ0v) is 10.9. The Morgan fingerprint density at radius 2 is 2.00 bits per heavy atom. The molecule has 0 aromatic heterocycles. The summed E-state index contributed by atoms with van der Waals surface area (Å²) >= 11 is 0. The van der Waals surface area contributed by atoms with E-state index in [1.807, 2.05) is 20.8 Å². The van der Waals surface area contributed by atoms with E-state index in [1.54, 1.807) is 7.05 Å². The highest BCUT2D eigenvalue weighted by molar-refractivity contribution is 7.89. The lowest BCUT2D eigenvalue weighted by molar-refractivity contribution is 0.290. The second kappa shape index (κ2) is 4.39. The van der Waals surface area contributed by atoms with Gasteiger partial charge in [0.25, 0.3) is 0 Å². The van der Waals surface area contributed by atoms with Crippen molar-refractivity contribution >= 4 is 10.0 Å². The molecule has 5 heteroatoms. The summed E-state index contributed by atoms with van der Waals surface area (Å²) in [5, 5.41) is 3.19. The monoisotopic (exact) mass is 234 g/mol. The smallest absolute Gasteiger partial charge is 0.214 e. The van der Waals surface area contributed by atoms with Gasteiger partial charge in [0.05, 0.1) is 5.75 Å². The van der Waals surface area contributed by atoms with Gasteiger partial charge in [0, 0.05) is 12.6 Å². The number of nitrogens with zero attached hydrogens (tertiary/aromatic N) is 1. The molecule has 1 rings (SSSR count). The fraction of sp³-hybridized carbons (Fsp3) is 1.00. The molecule has 0 amide bonds. The zero-order chi connectivity index (χ0) is 11.7. The fourth-order valence-corrected chi connectivity index (χ4v) is 3.62. The highest BCUT2D eigenvalue weighted by Gasteiger charge is 2.31. The van der Waals surface area contributed by atoms with Gasteiger partial charge in [-0.05, 0) is 46.2 Å². The van der Waals surface area contributed by atoms with Crippen LogP contribution in [-0.4, -0.2) is 44.2 Å². The second-order valence-electron chi connectivity index (χ2n) is 5.28. The molecule has 1 heterocycles. The van der Waals surface area contributed by atoms with Gasteiger partial charge in [0.15, 0.2) is 0 Å². The van der Waals surface area contributed by atoms with Gasteiger partial charge < -0.3 is 5.32 Å². The Kier molecular flexibility index (Phi) is 3.79. The summed E-state index contributed by atoms with van der Waals surface area (Å²) in [6.07, 6.45) is 0.969. The maximum atomic E-state index is 12.0. The van der Waals surface area contributed by atoms with Crippen molar-refractivity contribution in [2.45, 2.75) is 32.7 Å². The van der Waals surface area contributed by atoms with E-state index < -0.39 is 10.0 Å². The molecule has 1 atom stereocenters. The molecule has 0 spiro atoms. The van der Waals surface area contributed by atoms with Crippen molar-refractivity contribution in [3.63, 3.8) is 0 Å². The van der Waals surface area contributed by atoms with E-state index in [1.165, 1.54) is 4.31 Å². The van der Waals surface area contributed by atoms with Gasteiger partial charge in [-0.25, -0.2) is 8.42 Å². The van der Waals surface area contributed by atoms with Gasteiger partial charge in [-0.1, -0.05) is 0 Å². The molecular formula is C10H22N2O2S. The van der Waals surface area contributed by atoms with Crippen molar-refractivity contribution in [3.8, 4) is 0 Å². The lowest BCUT2D eigenvalue weighted by Gasteiger charge is -2.31. The number of hydrogen-bond acceptors (Lipinski definition) is 3. The molecule has 90 valence electrons. The highest BCUT2D eigenvalue weighted by Crippen LogP contribution is 2.19. The van der Waals surface area contributed by atoms with E-state index >= 15 is 0 Å². The van der Waals surface area contributed by atoms with Gasteiger partial charge in [0.2, 0.25) is 10.0 Å². The third-order valence-electron chi connectivity index (χ3n) is 2.97. The Morgan fingerprint density at radius 1 is 1.40 bits per heavy atom. The molecule has 0 radical (unpaired) electrons. The predicted molar refractivity (Wildman–Crippen MR) is 62.3 cm³/mol. The van der Waals surface area contributed by atoms with Crippen molar-refractivity contribution in [2.75, 3.05) is 25.9 Å². The van der Waals surface area contributed by atoms with Crippen molar-refractivity contribution in [3.05, 3.63) is 0 Å². The van der Waals surface area contributed by atoms with Gasteiger partial charge in [0.1, 0.15) is 0 Å². The van der Waals surface area contributed by atoms with E-state index in [4.69, 9.17) is 0 Å². The first-order valence-electron chi connectivity index (χ1n) is 5.41. The van der Waals surface area contributed by atoms with Crippen molar-refractivity contribution in [1.29, 1.82) is 0 Å². The van der Waals surface area contributed by atoms with Gasteiger partial charge in [-0.2, -0.15) is 4.31 Å². The van der Waals surface area contributed by atoms with Gasteiger partial charge in [-0.15, -0.1) is 0 Å². The minimum atomic E-state index is -3.11. The SMILES string of the molecule is CN(C(C)(C)C)S(=O)(=O)CC1CCNC1. The van der Waals surface area contributed by atoms with E-state index in [0.717, 1.165) is 19.5 Å². The second-order valence-corrected chi connectivity index (χ2v) is 7.32. The minimum Gasteiger partial charge on any atom is -0.316 e. The molecule has 1 unspecified atom stereocenters. The Bertz CT molecular complexity index is 300. The van der Waals surface area contributed by atoms with Crippen LogP contribution in [0.1, 0.15) is 27.2 Å². The lowest BCUT2D eigenvalue weighted by Crippen LogP contribution is -2.44. The standard InChI is InChI=1S/C10H22N2O2S/c1-10(2,3)12(4)15(13,14)8-9-5-6-11-7-9/h9,11H,5-8H2,1-4H3. The molecule has 0 aromatic rings. The molecule has 1 fully saturated rings. The van der Waals surface area contributed by atoms with E-state index in [9.17, 15) is 8.42 Å². The molecule has 15 heavy (non-hydrogen) atoms. The zero-order valence-electron chi connectivity index (χ0n) is 10.1. The maximum Gasteiger partial charge on any atom is 0.214 e. The molecule has 1 aliphatic rings. The van der Waals surface area contributed by atoms with E-state index in [0.29, 0.717) is 0 Å². The number of sulfonamides is 1. The van der Waals surface area contributed by atoms with Crippen LogP contribution >= 0.6 is 0 Å². The third-order valence-corrected chi connectivity index (χ3v) is 5.25. The molecule has 1 aliphatic heterocycles. The summed E-state index contributed by atoms with van der Waals surface area (Å²) < 4.78 is 25.5. The number of rotatable bonds is 3. The van der Waals surface area contributed by atoms with Crippen LogP contribution in [-0.2, 0) is 10.0 Å². The topological polar surface area (TPSA) is 49.4 Å². The number of nitrogens with one attached hydrogen (secondary N) is 1. The average Bonchev–Trinajstić information content (AvgIpc) is 2.53. The lowest BCUT2D eigenvalue weighted by atomic mass is 10.1. The first-order valence-corrected chi connectivity index (χ1v) is 7.02. The first kappa shape index (κ1) is 12.9. The van der Waals surface area contributed by atoms with Gasteiger partial charge >= 0.3 is 0 Å². The fourth-order valence-electron chi connectivity index (χ4n) is 1.68. The van der Waals surface area contributed by atoms with Crippen LogP contribution in [0.5, 0.6) is 0 Å².